The second-order valence-electron chi connectivity index (χ2n) is 11.0. The van der Waals surface area contributed by atoms with Gasteiger partial charge in [-0.2, -0.15) is 70.2 Å². The molecule has 6 nitrogen and oxygen atoms in total. The summed E-state index contributed by atoms with van der Waals surface area (Å²) in [7, 11) is 0. The van der Waals surface area contributed by atoms with Crippen molar-refractivity contribution in [2.24, 2.45) is 5.92 Å². The fraction of sp³-hybridized carbons (Fsp3) is 0.500. The van der Waals surface area contributed by atoms with Crippen LogP contribution in [0.2, 0.25) is 0 Å². The Morgan fingerprint density at radius 1 is 0.667 bits per heavy atom. The normalized spacial score (nSPS) is 16.1. The maximum absolute atomic E-state index is 15.0. The number of carbonyl (C=O) groups excluding carboxylic acids is 2. The Hall–Kier alpha value is -3.34. The number of ether oxygens (including phenoxy) is 3. The van der Waals surface area contributed by atoms with Crippen LogP contribution in [0.1, 0.15) is 59.9 Å². The first-order valence-electron chi connectivity index (χ1n) is 13.5. The molecular formula is C28H22BrF16NO5. The third-order valence-electron chi connectivity index (χ3n) is 6.43. The zero-order valence-corrected chi connectivity index (χ0v) is 27.2. The molecule has 0 aliphatic rings. The molecule has 0 heterocycles. The Bertz CT molecular complexity index is 1580. The van der Waals surface area contributed by atoms with Crippen molar-refractivity contribution in [2.75, 3.05) is 5.32 Å². The number of rotatable bonds is 14. The molecule has 288 valence electrons. The number of benzene rings is 2. The van der Waals surface area contributed by atoms with Gasteiger partial charge in [0.15, 0.2) is 5.78 Å². The maximum atomic E-state index is 15.0. The van der Waals surface area contributed by atoms with Crippen LogP contribution in [0.15, 0.2) is 42.5 Å². The Balaban J connectivity index is 2.57. The lowest BCUT2D eigenvalue weighted by atomic mass is 9.98. The van der Waals surface area contributed by atoms with Crippen LogP contribution in [0, 0.1) is 5.92 Å². The first-order valence-corrected chi connectivity index (χ1v) is 14.3. The largest absolute Gasteiger partial charge is 0.471 e. The standard InChI is InChI=1S/C28H22BrF16NO5/c1-12(2)14-5-8-16(9-6-14)46-20(48)15-7-10-17(19(47)13(3)4)18(11-15)49-28(44,45)23(29,33)51-27(42,43)22(32,25(37,38)39)50-26(40,41)21(30,31)24(34,35)36/h5-13H,1-4H3,(H,46,48). The molecular weight excluding hydrogens is 814 g/mol. The van der Waals surface area contributed by atoms with Gasteiger partial charge in [-0.25, -0.2) is 0 Å². The number of anilines is 1. The Morgan fingerprint density at radius 2 is 1.18 bits per heavy atom. The van der Waals surface area contributed by atoms with Crippen molar-refractivity contribution in [2.45, 2.75) is 80.8 Å². The highest BCUT2D eigenvalue weighted by molar-refractivity contribution is 9.10. The van der Waals surface area contributed by atoms with Crippen molar-refractivity contribution >= 4 is 33.3 Å². The van der Waals surface area contributed by atoms with E-state index in [9.17, 15) is 66.7 Å². The predicted molar refractivity (Wildman–Crippen MR) is 145 cm³/mol. The molecule has 2 unspecified atom stereocenters. The van der Waals surface area contributed by atoms with Crippen molar-refractivity contribution in [3.05, 3.63) is 59.2 Å². The second-order valence-corrected chi connectivity index (χ2v) is 12.0. The quantitative estimate of drug-likeness (QED) is 0.117. The van der Waals surface area contributed by atoms with E-state index in [-0.39, 0.29) is 17.7 Å². The minimum atomic E-state index is -7.93. The molecule has 2 aromatic carbocycles. The molecule has 0 spiro atoms. The number of nitrogens with one attached hydrogen (secondary N) is 1. The van der Waals surface area contributed by atoms with Crippen LogP contribution in [0.5, 0.6) is 5.75 Å². The van der Waals surface area contributed by atoms with Crippen LogP contribution in [0.3, 0.4) is 0 Å². The van der Waals surface area contributed by atoms with Gasteiger partial charge >= 0.3 is 47.2 Å². The number of hydrogen-bond donors (Lipinski definition) is 1. The lowest BCUT2D eigenvalue weighted by Crippen LogP contribution is -2.67. The minimum Gasteiger partial charge on any atom is -0.427 e. The summed E-state index contributed by atoms with van der Waals surface area (Å²) < 4.78 is 220. The third-order valence-corrected chi connectivity index (χ3v) is 7.05. The van der Waals surface area contributed by atoms with E-state index in [0.717, 1.165) is 41.4 Å². The van der Waals surface area contributed by atoms with Gasteiger partial charge in [0.05, 0.1) is 5.56 Å². The summed E-state index contributed by atoms with van der Waals surface area (Å²) in [5, 5.41) is 2.30. The van der Waals surface area contributed by atoms with Gasteiger partial charge in [-0.05, 0) is 57.7 Å². The van der Waals surface area contributed by atoms with Crippen LogP contribution in [0.25, 0.3) is 0 Å². The highest BCUT2D eigenvalue weighted by Gasteiger charge is 2.85. The summed E-state index contributed by atoms with van der Waals surface area (Å²) in [6, 6.07) is 7.73. The fourth-order valence-electron chi connectivity index (χ4n) is 3.59. The van der Waals surface area contributed by atoms with E-state index in [0.29, 0.717) is 6.07 Å². The van der Waals surface area contributed by atoms with E-state index in [1.54, 1.807) is 16.9 Å². The van der Waals surface area contributed by atoms with Gasteiger partial charge in [0, 0.05) is 17.2 Å². The van der Waals surface area contributed by atoms with Gasteiger partial charge in [-0.1, -0.05) is 39.8 Å². The zero-order chi connectivity index (χ0) is 40.0. The van der Waals surface area contributed by atoms with E-state index in [1.165, 1.54) is 12.1 Å². The predicted octanol–water partition coefficient (Wildman–Crippen LogP) is 10.5. The molecule has 1 N–H and O–H groups in total. The van der Waals surface area contributed by atoms with Gasteiger partial charge in [0.25, 0.3) is 5.91 Å². The first-order chi connectivity index (χ1) is 22.6. The molecule has 0 radical (unpaired) electrons. The van der Waals surface area contributed by atoms with Gasteiger partial charge in [0.1, 0.15) is 5.75 Å². The number of carbonyl (C=O) groups is 2. The summed E-state index contributed by atoms with van der Waals surface area (Å²) in [6.45, 7) is 6.00. The Kier molecular flexibility index (Phi) is 12.2. The molecule has 1 amide bonds. The molecule has 2 rings (SSSR count). The molecule has 0 fully saturated rings. The maximum Gasteiger partial charge on any atom is 0.471 e. The average Bonchev–Trinajstić information content (AvgIpc) is 2.94. The van der Waals surface area contributed by atoms with Crippen molar-refractivity contribution in [3.8, 4) is 5.75 Å². The molecule has 0 saturated heterocycles. The average molecular weight is 836 g/mol. The van der Waals surface area contributed by atoms with Gasteiger partial charge in [0.2, 0.25) is 0 Å². The third kappa shape index (κ3) is 9.00. The molecule has 0 bridgehead atoms. The number of ketones is 1. The van der Waals surface area contributed by atoms with Crippen LogP contribution in [-0.2, 0) is 9.47 Å². The first kappa shape index (κ1) is 43.8. The van der Waals surface area contributed by atoms with Crippen molar-refractivity contribution < 1.29 is 94.0 Å². The lowest BCUT2D eigenvalue weighted by Gasteiger charge is -2.40. The highest BCUT2D eigenvalue weighted by Crippen LogP contribution is 2.57. The number of alkyl halides is 17. The van der Waals surface area contributed by atoms with E-state index < -0.39 is 81.7 Å². The van der Waals surface area contributed by atoms with E-state index in [1.807, 2.05) is 13.8 Å². The molecule has 2 aromatic rings. The Morgan fingerprint density at radius 3 is 1.61 bits per heavy atom. The fourth-order valence-corrected chi connectivity index (χ4v) is 3.87. The summed E-state index contributed by atoms with van der Waals surface area (Å²) in [4.78, 5) is 25.4. The summed E-state index contributed by atoms with van der Waals surface area (Å²) in [5.74, 6) is -20.7. The minimum absolute atomic E-state index is 0.0607. The lowest BCUT2D eigenvalue weighted by molar-refractivity contribution is -0.545. The van der Waals surface area contributed by atoms with Crippen LogP contribution < -0.4 is 10.1 Å². The number of halogens is 17. The highest BCUT2D eigenvalue weighted by atomic mass is 79.9. The van der Waals surface area contributed by atoms with Gasteiger partial charge < -0.3 is 10.1 Å². The molecule has 2 atom stereocenters. The van der Waals surface area contributed by atoms with Crippen molar-refractivity contribution in [3.63, 3.8) is 0 Å². The molecule has 23 heteroatoms. The van der Waals surface area contributed by atoms with Crippen LogP contribution in [-0.4, -0.2) is 58.9 Å². The second kappa shape index (κ2) is 14.2. The summed E-state index contributed by atoms with van der Waals surface area (Å²) in [6.07, 6.45) is -37.3. The molecule has 0 saturated carbocycles. The molecule has 51 heavy (non-hydrogen) atoms. The number of amides is 1. The van der Waals surface area contributed by atoms with Crippen molar-refractivity contribution in [1.29, 1.82) is 0 Å². The van der Waals surface area contributed by atoms with Crippen molar-refractivity contribution in [1.82, 2.24) is 0 Å². The Labute approximate surface area is 284 Å². The van der Waals surface area contributed by atoms with E-state index >= 15 is 13.2 Å². The monoisotopic (exact) mass is 835 g/mol. The smallest absolute Gasteiger partial charge is 0.427 e. The van der Waals surface area contributed by atoms with Crippen LogP contribution in [0.4, 0.5) is 75.9 Å². The number of Topliss-reactive ketones (excluding diaryl/α,β-unsaturated/α-hetero) is 1. The summed E-state index contributed by atoms with van der Waals surface area (Å²) in [5.41, 5.74) is -0.719. The summed E-state index contributed by atoms with van der Waals surface area (Å²) >= 11 is 0.992. The van der Waals surface area contributed by atoms with Gasteiger partial charge in [-0.15, -0.1) is 0 Å². The topological polar surface area (TPSA) is 73.9 Å². The SMILES string of the molecule is CC(C)C(=O)c1ccc(C(=O)Nc2ccc(C(C)C)cc2)cc1OC(F)(F)C(F)(Br)OC(F)(F)C(F)(OC(F)(F)C(F)(F)C(F)(F)F)C(F)(F)F. The van der Waals surface area contributed by atoms with Crippen LogP contribution >= 0.6 is 15.9 Å². The van der Waals surface area contributed by atoms with E-state index in [4.69, 9.17) is 0 Å². The van der Waals surface area contributed by atoms with E-state index in [2.05, 4.69) is 14.8 Å². The molecule has 0 aromatic heterocycles. The molecule has 0 aliphatic heterocycles. The molecule has 0 aliphatic carbocycles. The zero-order valence-electron chi connectivity index (χ0n) is 25.7. The number of hydrogen-bond acceptors (Lipinski definition) is 5. The van der Waals surface area contributed by atoms with Gasteiger partial charge in [-0.3, -0.25) is 19.1 Å².